The molecule has 4 rings (SSSR count). The fourth-order valence-corrected chi connectivity index (χ4v) is 2.62. The Hall–Kier alpha value is -3.81. The number of pyridine rings is 1. The van der Waals surface area contributed by atoms with Crippen molar-refractivity contribution in [2.75, 3.05) is 0 Å². The molecule has 0 aliphatic carbocycles. The summed E-state index contributed by atoms with van der Waals surface area (Å²) in [6, 6.07) is 13.5. The molecular weight excluding hydrogens is 324 g/mol. The molecular formula is C17H10N4O4. The first-order valence-electron chi connectivity index (χ1n) is 7.30. The molecule has 2 aromatic heterocycles. The summed E-state index contributed by atoms with van der Waals surface area (Å²) in [6.45, 7) is 0. The molecule has 0 unspecified atom stereocenters. The molecule has 4 aromatic rings. The molecule has 122 valence electrons. The van der Waals surface area contributed by atoms with Gasteiger partial charge in [0.15, 0.2) is 5.69 Å². The zero-order valence-electron chi connectivity index (χ0n) is 12.7. The molecule has 1 N–H and O–H groups in total. The van der Waals surface area contributed by atoms with Crippen molar-refractivity contribution in [3.8, 4) is 28.7 Å². The van der Waals surface area contributed by atoms with Crippen LogP contribution in [-0.2, 0) is 0 Å². The number of phenolic OH excluding ortho intramolecular Hbond substituents is 1. The van der Waals surface area contributed by atoms with Crippen LogP contribution in [0.2, 0.25) is 0 Å². The second-order valence-electron chi connectivity index (χ2n) is 5.23. The van der Waals surface area contributed by atoms with Crippen LogP contribution in [0.15, 0.2) is 59.3 Å². The van der Waals surface area contributed by atoms with E-state index in [0.717, 1.165) is 10.8 Å². The standard InChI is InChI=1S/C17H10N4O4/c22-13-8-7-10-4-1-2-5-11(10)14(13)17-19-16(20-25-17)15-12(21(23)24)6-3-9-18-15/h1-9,22H. The van der Waals surface area contributed by atoms with E-state index in [1.807, 2.05) is 24.3 Å². The van der Waals surface area contributed by atoms with Crippen molar-refractivity contribution in [3.63, 3.8) is 0 Å². The number of fused-ring (bicyclic) bond motifs is 1. The third-order valence-corrected chi connectivity index (χ3v) is 3.74. The van der Waals surface area contributed by atoms with Crippen LogP contribution in [0.25, 0.3) is 33.7 Å². The van der Waals surface area contributed by atoms with Gasteiger partial charge in [-0.25, -0.2) is 4.98 Å². The third-order valence-electron chi connectivity index (χ3n) is 3.74. The van der Waals surface area contributed by atoms with Crippen molar-refractivity contribution in [1.29, 1.82) is 0 Å². The van der Waals surface area contributed by atoms with Gasteiger partial charge in [-0.15, -0.1) is 0 Å². The summed E-state index contributed by atoms with van der Waals surface area (Å²) < 4.78 is 5.25. The lowest BCUT2D eigenvalue weighted by Crippen LogP contribution is -1.95. The Morgan fingerprint density at radius 1 is 1.08 bits per heavy atom. The van der Waals surface area contributed by atoms with Gasteiger partial charge in [-0.2, -0.15) is 4.98 Å². The number of nitro groups is 1. The minimum atomic E-state index is -0.562. The van der Waals surface area contributed by atoms with E-state index in [4.69, 9.17) is 4.52 Å². The van der Waals surface area contributed by atoms with Crippen molar-refractivity contribution in [3.05, 3.63) is 64.8 Å². The minimum absolute atomic E-state index is 0.00206. The van der Waals surface area contributed by atoms with Crippen LogP contribution in [0.5, 0.6) is 5.75 Å². The molecule has 2 heterocycles. The van der Waals surface area contributed by atoms with Crippen LogP contribution in [0.3, 0.4) is 0 Å². The SMILES string of the molecule is O=[N+]([O-])c1cccnc1-c1noc(-c2c(O)ccc3ccccc23)n1. The summed E-state index contributed by atoms with van der Waals surface area (Å²) in [5.41, 5.74) is 0.148. The molecule has 0 atom stereocenters. The van der Waals surface area contributed by atoms with E-state index in [2.05, 4.69) is 15.1 Å². The van der Waals surface area contributed by atoms with Crippen LogP contribution in [-0.4, -0.2) is 25.2 Å². The average molecular weight is 334 g/mol. The number of rotatable bonds is 3. The first-order valence-corrected chi connectivity index (χ1v) is 7.30. The van der Waals surface area contributed by atoms with Gasteiger partial charge in [0.25, 0.3) is 11.6 Å². The summed E-state index contributed by atoms with van der Waals surface area (Å²) in [6.07, 6.45) is 1.41. The van der Waals surface area contributed by atoms with Crippen LogP contribution < -0.4 is 0 Å². The molecule has 8 heteroatoms. The van der Waals surface area contributed by atoms with Crippen molar-refractivity contribution in [2.45, 2.75) is 0 Å². The van der Waals surface area contributed by atoms with Crippen LogP contribution in [0.1, 0.15) is 0 Å². The lowest BCUT2D eigenvalue weighted by atomic mass is 10.0. The second kappa shape index (κ2) is 5.68. The molecule has 0 spiro atoms. The Kier molecular flexibility index (Phi) is 3.35. The molecule has 0 radical (unpaired) electrons. The van der Waals surface area contributed by atoms with Gasteiger partial charge in [-0.3, -0.25) is 10.1 Å². The van der Waals surface area contributed by atoms with E-state index in [1.165, 1.54) is 24.4 Å². The number of aromatic nitrogens is 3. The zero-order valence-corrected chi connectivity index (χ0v) is 12.7. The molecule has 8 nitrogen and oxygen atoms in total. The van der Waals surface area contributed by atoms with Gasteiger partial charge in [0.05, 0.1) is 10.5 Å². The van der Waals surface area contributed by atoms with E-state index in [-0.39, 0.29) is 28.8 Å². The highest BCUT2D eigenvalue weighted by atomic mass is 16.6. The quantitative estimate of drug-likeness (QED) is 0.450. The number of hydrogen-bond donors (Lipinski definition) is 1. The topological polar surface area (TPSA) is 115 Å². The van der Waals surface area contributed by atoms with Crippen LogP contribution in [0.4, 0.5) is 5.69 Å². The third kappa shape index (κ3) is 2.45. The highest BCUT2D eigenvalue weighted by Gasteiger charge is 2.23. The van der Waals surface area contributed by atoms with E-state index >= 15 is 0 Å². The fourth-order valence-electron chi connectivity index (χ4n) is 2.62. The molecule has 0 saturated heterocycles. The predicted octanol–water partition coefficient (Wildman–Crippen LogP) is 3.57. The van der Waals surface area contributed by atoms with Crippen LogP contribution >= 0.6 is 0 Å². The number of nitrogens with zero attached hydrogens (tertiary/aromatic N) is 4. The normalized spacial score (nSPS) is 10.9. The van der Waals surface area contributed by atoms with E-state index in [1.54, 1.807) is 6.07 Å². The lowest BCUT2D eigenvalue weighted by Gasteiger charge is -2.04. The van der Waals surface area contributed by atoms with E-state index < -0.39 is 4.92 Å². The van der Waals surface area contributed by atoms with Gasteiger partial charge in [0, 0.05) is 12.3 Å². The predicted molar refractivity (Wildman–Crippen MR) is 88.8 cm³/mol. The second-order valence-corrected chi connectivity index (χ2v) is 5.23. The van der Waals surface area contributed by atoms with Gasteiger partial charge >= 0.3 is 0 Å². The first kappa shape index (κ1) is 14.8. The lowest BCUT2D eigenvalue weighted by molar-refractivity contribution is -0.384. The number of benzene rings is 2. The number of aromatic hydroxyl groups is 1. The smallest absolute Gasteiger partial charge is 0.298 e. The Morgan fingerprint density at radius 2 is 1.92 bits per heavy atom. The molecule has 0 aliphatic rings. The van der Waals surface area contributed by atoms with Crippen molar-refractivity contribution in [2.24, 2.45) is 0 Å². The van der Waals surface area contributed by atoms with Crippen molar-refractivity contribution in [1.82, 2.24) is 15.1 Å². The summed E-state index contributed by atoms with van der Waals surface area (Å²) >= 11 is 0. The largest absolute Gasteiger partial charge is 0.507 e. The molecule has 0 amide bonds. The number of hydrogen-bond acceptors (Lipinski definition) is 7. The fraction of sp³-hybridized carbons (Fsp3) is 0. The summed E-state index contributed by atoms with van der Waals surface area (Å²) in [7, 11) is 0. The first-order chi connectivity index (χ1) is 12.1. The maximum Gasteiger partial charge on any atom is 0.298 e. The number of phenols is 1. The van der Waals surface area contributed by atoms with Gasteiger partial charge in [-0.1, -0.05) is 35.5 Å². The highest BCUT2D eigenvalue weighted by Crippen LogP contribution is 2.36. The van der Waals surface area contributed by atoms with Crippen molar-refractivity contribution < 1.29 is 14.6 Å². The summed E-state index contributed by atoms with van der Waals surface area (Å²) in [5.74, 6) is 0.0169. The van der Waals surface area contributed by atoms with E-state index in [0.29, 0.717) is 5.56 Å². The molecule has 0 bridgehead atoms. The Bertz CT molecular complexity index is 1110. The Labute approximate surface area is 140 Å². The van der Waals surface area contributed by atoms with Crippen molar-refractivity contribution >= 4 is 16.5 Å². The highest BCUT2D eigenvalue weighted by molar-refractivity contribution is 5.97. The zero-order chi connectivity index (χ0) is 17.4. The van der Waals surface area contributed by atoms with Crippen LogP contribution in [0, 0.1) is 10.1 Å². The van der Waals surface area contributed by atoms with Gasteiger partial charge < -0.3 is 9.63 Å². The maximum absolute atomic E-state index is 11.1. The molecule has 0 fully saturated rings. The molecule has 2 aromatic carbocycles. The maximum atomic E-state index is 11.1. The van der Waals surface area contributed by atoms with Gasteiger partial charge in [0.1, 0.15) is 5.75 Å². The van der Waals surface area contributed by atoms with Gasteiger partial charge in [-0.05, 0) is 22.9 Å². The summed E-state index contributed by atoms with van der Waals surface area (Å²) in [4.78, 5) is 18.8. The van der Waals surface area contributed by atoms with Gasteiger partial charge in [0.2, 0.25) is 5.82 Å². The Balaban J connectivity index is 1.89. The molecule has 25 heavy (non-hydrogen) atoms. The molecule has 0 aliphatic heterocycles. The summed E-state index contributed by atoms with van der Waals surface area (Å²) in [5, 5.41) is 26.8. The average Bonchev–Trinajstić information content (AvgIpc) is 3.11. The Morgan fingerprint density at radius 3 is 2.76 bits per heavy atom. The van der Waals surface area contributed by atoms with E-state index in [9.17, 15) is 15.2 Å². The monoisotopic (exact) mass is 334 g/mol. The molecule has 0 saturated carbocycles. The minimum Gasteiger partial charge on any atom is -0.507 e.